The molecule has 1 amide bonds. The molecule has 6 nitrogen and oxygen atoms in total. The van der Waals surface area contributed by atoms with Gasteiger partial charge in [-0.05, 0) is 48.7 Å². The first-order valence-corrected chi connectivity index (χ1v) is 12.1. The first-order valence-electron chi connectivity index (χ1n) is 10.5. The summed E-state index contributed by atoms with van der Waals surface area (Å²) in [7, 11) is 0. The number of ketones is 2. The van der Waals surface area contributed by atoms with Gasteiger partial charge in [-0.3, -0.25) is 19.4 Å². The lowest BCUT2D eigenvalue weighted by atomic mass is 9.85. The zero-order valence-electron chi connectivity index (χ0n) is 18.3. The summed E-state index contributed by atoms with van der Waals surface area (Å²) in [6.45, 7) is 3.82. The number of thiazole rings is 1. The van der Waals surface area contributed by atoms with Crippen LogP contribution in [0.4, 0.5) is 4.39 Å². The fourth-order valence-electron chi connectivity index (χ4n) is 4.37. The number of halogens is 3. The average molecular weight is 520 g/mol. The maximum Gasteiger partial charge on any atom is 0.221 e. The highest BCUT2D eigenvalue weighted by molar-refractivity contribution is 7.15. The van der Waals surface area contributed by atoms with Gasteiger partial charge in [0.15, 0.2) is 16.1 Å². The van der Waals surface area contributed by atoms with Gasteiger partial charge in [-0.25, -0.2) is 9.37 Å². The number of rotatable bonds is 6. The molecule has 1 aromatic carbocycles. The number of nitrogens with one attached hydrogen (secondary N) is 1. The van der Waals surface area contributed by atoms with E-state index < -0.39 is 17.7 Å². The Kier molecular flexibility index (Phi) is 7.12. The summed E-state index contributed by atoms with van der Waals surface area (Å²) in [5, 5.41) is 2.94. The molecule has 34 heavy (non-hydrogen) atoms. The van der Waals surface area contributed by atoms with E-state index in [2.05, 4.69) is 15.3 Å². The van der Waals surface area contributed by atoms with Crippen LogP contribution in [0.25, 0.3) is 11.3 Å². The summed E-state index contributed by atoms with van der Waals surface area (Å²) in [6, 6.07) is 4.61. The second kappa shape index (κ2) is 9.90. The smallest absolute Gasteiger partial charge is 0.221 e. The Balaban J connectivity index is 1.51. The first-order chi connectivity index (χ1) is 16.1. The molecule has 3 aromatic rings. The normalized spacial score (nSPS) is 17.9. The van der Waals surface area contributed by atoms with Gasteiger partial charge in [0.05, 0.1) is 11.6 Å². The summed E-state index contributed by atoms with van der Waals surface area (Å²) < 4.78 is 14.8. The minimum absolute atomic E-state index is 0.0112. The summed E-state index contributed by atoms with van der Waals surface area (Å²) in [5.41, 5.74) is 2.65. The Bertz CT molecular complexity index is 1290. The quantitative estimate of drug-likeness (QED) is 0.451. The van der Waals surface area contributed by atoms with Crippen molar-refractivity contribution in [2.45, 2.75) is 39.2 Å². The number of Topliss-reactive ketones (excluding diaryl/α,β-unsaturated/α-hetero) is 2. The lowest BCUT2D eigenvalue weighted by Gasteiger charge is -2.17. The molecule has 0 bridgehead atoms. The van der Waals surface area contributed by atoms with Crippen molar-refractivity contribution in [1.29, 1.82) is 0 Å². The van der Waals surface area contributed by atoms with Gasteiger partial charge < -0.3 is 5.32 Å². The van der Waals surface area contributed by atoms with Crippen molar-refractivity contribution in [1.82, 2.24) is 15.3 Å². The Morgan fingerprint density at radius 3 is 2.47 bits per heavy atom. The molecule has 176 valence electrons. The third-order valence-corrected chi connectivity index (χ3v) is 7.16. The minimum Gasteiger partial charge on any atom is -0.351 e. The number of hydrogen-bond acceptors (Lipinski definition) is 6. The number of aromatic nitrogens is 2. The van der Waals surface area contributed by atoms with Gasteiger partial charge >= 0.3 is 0 Å². The fraction of sp³-hybridized carbons (Fsp3) is 0.292. The van der Waals surface area contributed by atoms with Gasteiger partial charge in [-0.1, -0.05) is 23.2 Å². The minimum atomic E-state index is -0.935. The number of carbonyl (C=O) groups excluding carboxylic acids is 3. The monoisotopic (exact) mass is 519 g/mol. The second-order valence-electron chi connectivity index (χ2n) is 8.27. The number of hydrogen-bond donors (Lipinski definition) is 1. The molecule has 2 atom stereocenters. The number of carbonyl (C=O) groups is 3. The molecule has 4 rings (SSSR count). The zero-order valence-corrected chi connectivity index (χ0v) is 20.7. The van der Waals surface area contributed by atoms with E-state index in [-0.39, 0.29) is 47.6 Å². The molecular weight excluding hydrogens is 500 g/mol. The largest absolute Gasteiger partial charge is 0.351 e. The molecule has 2 heterocycles. The molecule has 1 N–H and O–H groups in total. The maximum atomic E-state index is 14.4. The van der Waals surface area contributed by atoms with Gasteiger partial charge in [0.2, 0.25) is 5.91 Å². The SMILES string of the molecule is Cc1cc(-c2ncc(Cl)cc2F)cc(C)c1C1C(=O)CC(CC(=O)NCc2cnc(Cl)s2)C1=O. The van der Waals surface area contributed by atoms with Crippen LogP contribution in [0.1, 0.15) is 40.3 Å². The van der Waals surface area contributed by atoms with Crippen LogP contribution in [0.3, 0.4) is 0 Å². The molecule has 0 spiro atoms. The summed E-state index contributed by atoms with van der Waals surface area (Å²) in [5.74, 6) is -2.97. The molecule has 1 fully saturated rings. The van der Waals surface area contributed by atoms with Crippen LogP contribution >= 0.6 is 34.5 Å². The molecule has 1 aliphatic rings. The second-order valence-corrected chi connectivity index (χ2v) is 10.4. The average Bonchev–Trinajstić information content (AvgIpc) is 3.29. The summed E-state index contributed by atoms with van der Waals surface area (Å²) in [6.07, 6.45) is 2.89. The first kappa shape index (κ1) is 24.4. The highest BCUT2D eigenvalue weighted by Gasteiger charge is 2.43. The van der Waals surface area contributed by atoms with Gasteiger partial charge in [0.1, 0.15) is 17.4 Å². The Labute approximate surface area is 209 Å². The van der Waals surface area contributed by atoms with Crippen molar-refractivity contribution >= 4 is 52.0 Å². The molecule has 0 aliphatic heterocycles. The molecule has 2 unspecified atom stereocenters. The van der Waals surface area contributed by atoms with Gasteiger partial charge in [-0.15, -0.1) is 11.3 Å². The molecule has 1 saturated carbocycles. The molecule has 10 heteroatoms. The van der Waals surface area contributed by atoms with Crippen molar-refractivity contribution < 1.29 is 18.8 Å². The Morgan fingerprint density at radius 2 is 1.85 bits per heavy atom. The number of pyridine rings is 1. The van der Waals surface area contributed by atoms with Crippen LogP contribution in [0.2, 0.25) is 9.49 Å². The van der Waals surface area contributed by atoms with Crippen LogP contribution in [-0.2, 0) is 20.9 Å². The van der Waals surface area contributed by atoms with Crippen molar-refractivity contribution in [2.24, 2.45) is 5.92 Å². The van der Waals surface area contributed by atoms with Crippen LogP contribution in [0.5, 0.6) is 0 Å². The maximum absolute atomic E-state index is 14.4. The zero-order chi connectivity index (χ0) is 24.6. The van der Waals surface area contributed by atoms with Gasteiger partial charge in [0, 0.05) is 41.6 Å². The van der Waals surface area contributed by atoms with Crippen molar-refractivity contribution in [3.63, 3.8) is 0 Å². The van der Waals surface area contributed by atoms with Crippen LogP contribution in [0, 0.1) is 25.6 Å². The molecule has 0 radical (unpaired) electrons. The van der Waals surface area contributed by atoms with E-state index in [1.54, 1.807) is 32.2 Å². The Hall–Kier alpha value is -2.68. The fourth-order valence-corrected chi connectivity index (χ4v) is 5.43. The number of amides is 1. The third-order valence-electron chi connectivity index (χ3n) is 5.84. The lowest BCUT2D eigenvalue weighted by Crippen LogP contribution is -2.27. The molecule has 0 saturated heterocycles. The van der Waals surface area contributed by atoms with E-state index >= 15 is 0 Å². The number of nitrogens with zero attached hydrogens (tertiary/aromatic N) is 2. The van der Waals surface area contributed by atoms with E-state index in [9.17, 15) is 18.8 Å². The van der Waals surface area contributed by atoms with Crippen molar-refractivity contribution in [3.05, 3.63) is 67.5 Å². The van der Waals surface area contributed by atoms with Crippen LogP contribution in [-0.4, -0.2) is 27.4 Å². The molecule has 2 aromatic heterocycles. The predicted octanol–water partition coefficient (Wildman–Crippen LogP) is 5.22. The van der Waals surface area contributed by atoms with Crippen LogP contribution in [0.15, 0.2) is 30.6 Å². The van der Waals surface area contributed by atoms with Crippen LogP contribution < -0.4 is 5.32 Å². The van der Waals surface area contributed by atoms with Crippen molar-refractivity contribution in [3.8, 4) is 11.3 Å². The standard InChI is InChI=1S/C24H20Cl2FN3O3S/c1-11-3-13(22-17(27)7-15(25)8-29-22)4-12(2)20(11)21-18(31)5-14(23(21)33)6-19(32)28-9-16-10-30-24(26)34-16/h3-4,7-8,10,14,21H,5-6,9H2,1-2H3,(H,28,32). The van der Waals surface area contributed by atoms with Crippen molar-refractivity contribution in [2.75, 3.05) is 0 Å². The van der Waals surface area contributed by atoms with Gasteiger partial charge in [0.25, 0.3) is 0 Å². The Morgan fingerprint density at radius 1 is 1.15 bits per heavy atom. The summed E-state index contributed by atoms with van der Waals surface area (Å²) >= 11 is 12.8. The summed E-state index contributed by atoms with van der Waals surface area (Å²) in [4.78, 5) is 47.2. The molecule has 1 aliphatic carbocycles. The number of benzene rings is 1. The van der Waals surface area contributed by atoms with E-state index in [0.717, 1.165) is 4.88 Å². The predicted molar refractivity (Wildman–Crippen MR) is 129 cm³/mol. The number of aryl methyl sites for hydroxylation is 2. The van der Waals surface area contributed by atoms with E-state index in [4.69, 9.17) is 23.2 Å². The highest BCUT2D eigenvalue weighted by atomic mass is 35.5. The lowest BCUT2D eigenvalue weighted by molar-refractivity contribution is -0.128. The third kappa shape index (κ3) is 5.04. The topological polar surface area (TPSA) is 89.0 Å². The molecular formula is C24H20Cl2FN3O3S. The van der Waals surface area contributed by atoms with Gasteiger partial charge in [-0.2, -0.15) is 0 Å². The van der Waals surface area contributed by atoms with E-state index in [1.807, 2.05) is 0 Å². The van der Waals surface area contributed by atoms with E-state index in [1.165, 1.54) is 23.6 Å². The van der Waals surface area contributed by atoms with E-state index in [0.29, 0.717) is 26.7 Å². The highest BCUT2D eigenvalue weighted by Crippen LogP contribution is 2.38.